The van der Waals surface area contributed by atoms with Gasteiger partial charge in [0.2, 0.25) is 0 Å². The number of rotatable bonds is 3. The second-order valence-corrected chi connectivity index (χ2v) is 4.81. The molecule has 100 valence electrons. The summed E-state index contributed by atoms with van der Waals surface area (Å²) in [6.07, 6.45) is 1.87. The summed E-state index contributed by atoms with van der Waals surface area (Å²) >= 11 is 1.40. The van der Waals surface area contributed by atoms with Crippen molar-refractivity contribution in [3.8, 4) is 0 Å². The van der Waals surface area contributed by atoms with Gasteiger partial charge in [0.05, 0.1) is 0 Å². The zero-order valence-electron chi connectivity index (χ0n) is 11.1. The van der Waals surface area contributed by atoms with Gasteiger partial charge in [-0.05, 0) is 33.1 Å². The molecule has 2 aromatic rings. The van der Waals surface area contributed by atoms with Gasteiger partial charge in [-0.15, -0.1) is 0 Å². The van der Waals surface area contributed by atoms with Gasteiger partial charge in [0.25, 0.3) is 5.91 Å². The summed E-state index contributed by atoms with van der Waals surface area (Å²) in [7, 11) is 0. The van der Waals surface area contributed by atoms with E-state index >= 15 is 0 Å². The standard InChI is InChI=1S/C12H14N4O2S/c1-6-5-9(14-12(13-6)19-4)11(17)15-10-7(2)16-18-8(10)3/h5H,1-4H3,(H,15,17). The molecule has 6 nitrogen and oxygen atoms in total. The van der Waals surface area contributed by atoms with Gasteiger partial charge in [-0.1, -0.05) is 16.9 Å². The van der Waals surface area contributed by atoms with Crippen molar-refractivity contribution < 1.29 is 9.32 Å². The fourth-order valence-corrected chi connectivity index (χ4v) is 2.01. The number of anilines is 1. The van der Waals surface area contributed by atoms with Crippen LogP contribution in [-0.4, -0.2) is 27.3 Å². The highest BCUT2D eigenvalue weighted by atomic mass is 32.2. The number of nitrogens with zero attached hydrogens (tertiary/aromatic N) is 3. The largest absolute Gasteiger partial charge is 0.359 e. The highest BCUT2D eigenvalue weighted by Crippen LogP contribution is 2.19. The van der Waals surface area contributed by atoms with E-state index in [0.29, 0.717) is 28.0 Å². The normalized spacial score (nSPS) is 10.5. The average molecular weight is 278 g/mol. The summed E-state index contributed by atoms with van der Waals surface area (Å²) in [6.45, 7) is 5.34. The minimum Gasteiger partial charge on any atom is -0.359 e. The van der Waals surface area contributed by atoms with E-state index in [1.807, 2.05) is 13.2 Å². The van der Waals surface area contributed by atoms with Gasteiger partial charge >= 0.3 is 0 Å². The molecule has 0 atom stereocenters. The molecule has 0 fully saturated rings. The van der Waals surface area contributed by atoms with Crippen LogP contribution in [0.1, 0.15) is 27.6 Å². The Kier molecular flexibility index (Phi) is 3.84. The van der Waals surface area contributed by atoms with Crippen LogP contribution in [0.2, 0.25) is 0 Å². The fraction of sp³-hybridized carbons (Fsp3) is 0.333. The molecule has 1 amide bonds. The number of carbonyl (C=O) groups excluding carboxylic acids is 1. The van der Waals surface area contributed by atoms with Gasteiger partial charge in [0.1, 0.15) is 17.1 Å². The van der Waals surface area contributed by atoms with Crippen LogP contribution in [0.5, 0.6) is 0 Å². The Morgan fingerprint density at radius 2 is 2.05 bits per heavy atom. The van der Waals surface area contributed by atoms with Crippen molar-refractivity contribution in [2.45, 2.75) is 25.9 Å². The first-order valence-electron chi connectivity index (χ1n) is 5.65. The highest BCUT2D eigenvalue weighted by Gasteiger charge is 2.15. The van der Waals surface area contributed by atoms with Crippen LogP contribution in [0.25, 0.3) is 0 Å². The summed E-state index contributed by atoms with van der Waals surface area (Å²) in [5.41, 5.74) is 2.31. The Labute approximate surface area is 115 Å². The molecule has 7 heteroatoms. The first-order chi connectivity index (χ1) is 9.01. The van der Waals surface area contributed by atoms with Crippen molar-refractivity contribution in [3.05, 3.63) is 28.9 Å². The highest BCUT2D eigenvalue weighted by molar-refractivity contribution is 7.98. The number of aromatic nitrogens is 3. The molecular formula is C12H14N4O2S. The molecule has 2 heterocycles. The van der Waals surface area contributed by atoms with Gasteiger partial charge in [-0.3, -0.25) is 4.79 Å². The van der Waals surface area contributed by atoms with Gasteiger partial charge in [0.15, 0.2) is 10.9 Å². The fourth-order valence-electron chi connectivity index (χ4n) is 1.59. The summed E-state index contributed by atoms with van der Waals surface area (Å²) in [5, 5.41) is 7.12. The predicted octanol–water partition coefficient (Wildman–Crippen LogP) is 2.36. The van der Waals surface area contributed by atoms with Gasteiger partial charge in [-0.2, -0.15) is 0 Å². The minimum atomic E-state index is -0.296. The number of amides is 1. The number of hydrogen-bond acceptors (Lipinski definition) is 6. The Bertz CT molecular complexity index is 605. The van der Waals surface area contributed by atoms with Crippen LogP contribution in [-0.2, 0) is 0 Å². The van der Waals surface area contributed by atoms with Crippen molar-refractivity contribution >= 4 is 23.4 Å². The summed E-state index contributed by atoms with van der Waals surface area (Å²) < 4.78 is 5.00. The molecule has 0 aliphatic heterocycles. The van der Waals surface area contributed by atoms with Crippen LogP contribution >= 0.6 is 11.8 Å². The molecule has 1 N–H and O–H groups in total. The van der Waals surface area contributed by atoms with Crippen molar-refractivity contribution in [1.82, 2.24) is 15.1 Å². The Hall–Kier alpha value is -1.89. The molecule has 0 aliphatic carbocycles. The molecule has 0 aromatic carbocycles. The molecule has 0 saturated heterocycles. The van der Waals surface area contributed by atoms with E-state index < -0.39 is 0 Å². The number of thioether (sulfide) groups is 1. The van der Waals surface area contributed by atoms with E-state index in [4.69, 9.17) is 4.52 Å². The van der Waals surface area contributed by atoms with E-state index in [9.17, 15) is 4.79 Å². The first-order valence-corrected chi connectivity index (χ1v) is 6.87. The molecule has 0 aliphatic rings. The van der Waals surface area contributed by atoms with E-state index in [2.05, 4.69) is 20.4 Å². The second kappa shape index (κ2) is 5.40. The Morgan fingerprint density at radius 1 is 1.32 bits per heavy atom. The van der Waals surface area contributed by atoms with Gasteiger partial charge < -0.3 is 9.84 Å². The third-order valence-electron chi connectivity index (χ3n) is 2.52. The molecular weight excluding hydrogens is 264 g/mol. The predicted molar refractivity (Wildman–Crippen MR) is 72.5 cm³/mol. The molecule has 0 saturated carbocycles. The van der Waals surface area contributed by atoms with Crippen molar-refractivity contribution in [2.75, 3.05) is 11.6 Å². The summed E-state index contributed by atoms with van der Waals surface area (Å²) in [6, 6.07) is 1.65. The lowest BCUT2D eigenvalue weighted by Crippen LogP contribution is -2.15. The second-order valence-electron chi connectivity index (χ2n) is 4.03. The minimum absolute atomic E-state index is 0.296. The summed E-state index contributed by atoms with van der Waals surface area (Å²) in [4.78, 5) is 20.5. The molecule has 2 rings (SSSR count). The van der Waals surface area contributed by atoms with Crippen molar-refractivity contribution in [2.24, 2.45) is 0 Å². The summed E-state index contributed by atoms with van der Waals surface area (Å²) in [5.74, 6) is 0.275. The number of hydrogen-bond donors (Lipinski definition) is 1. The molecule has 0 radical (unpaired) electrons. The zero-order valence-corrected chi connectivity index (χ0v) is 12.0. The van der Waals surface area contributed by atoms with E-state index in [1.165, 1.54) is 11.8 Å². The third-order valence-corrected chi connectivity index (χ3v) is 3.07. The number of aryl methyl sites for hydroxylation is 3. The molecule has 2 aromatic heterocycles. The first kappa shape index (κ1) is 13.5. The monoisotopic (exact) mass is 278 g/mol. The van der Waals surface area contributed by atoms with E-state index in [0.717, 1.165) is 5.69 Å². The van der Waals surface area contributed by atoms with Crippen LogP contribution in [0, 0.1) is 20.8 Å². The number of carbonyl (C=O) groups is 1. The average Bonchev–Trinajstić information content (AvgIpc) is 2.69. The van der Waals surface area contributed by atoms with Crippen LogP contribution < -0.4 is 5.32 Å². The lowest BCUT2D eigenvalue weighted by atomic mass is 10.3. The van der Waals surface area contributed by atoms with Crippen molar-refractivity contribution in [1.29, 1.82) is 0 Å². The zero-order chi connectivity index (χ0) is 14.0. The topological polar surface area (TPSA) is 80.9 Å². The lowest BCUT2D eigenvalue weighted by molar-refractivity contribution is 0.102. The third kappa shape index (κ3) is 2.93. The smallest absolute Gasteiger partial charge is 0.274 e. The maximum absolute atomic E-state index is 12.2. The van der Waals surface area contributed by atoms with E-state index in [-0.39, 0.29) is 5.91 Å². The van der Waals surface area contributed by atoms with E-state index in [1.54, 1.807) is 19.9 Å². The maximum atomic E-state index is 12.2. The quantitative estimate of drug-likeness (QED) is 0.685. The van der Waals surface area contributed by atoms with Crippen LogP contribution in [0.15, 0.2) is 15.7 Å². The molecule has 19 heavy (non-hydrogen) atoms. The SMILES string of the molecule is CSc1nc(C)cc(C(=O)Nc2c(C)noc2C)n1. The Balaban J connectivity index is 2.28. The number of nitrogens with one attached hydrogen (secondary N) is 1. The Morgan fingerprint density at radius 3 is 2.63 bits per heavy atom. The maximum Gasteiger partial charge on any atom is 0.274 e. The van der Waals surface area contributed by atoms with Crippen LogP contribution in [0.4, 0.5) is 5.69 Å². The van der Waals surface area contributed by atoms with Crippen molar-refractivity contribution in [3.63, 3.8) is 0 Å². The molecule has 0 unspecified atom stereocenters. The van der Waals surface area contributed by atoms with Crippen LogP contribution in [0.3, 0.4) is 0 Å². The lowest BCUT2D eigenvalue weighted by Gasteiger charge is -2.05. The molecule has 0 bridgehead atoms. The van der Waals surface area contributed by atoms with Gasteiger partial charge in [-0.25, -0.2) is 9.97 Å². The van der Waals surface area contributed by atoms with Gasteiger partial charge in [0, 0.05) is 5.69 Å². The molecule has 0 spiro atoms.